The second-order valence-corrected chi connectivity index (χ2v) is 7.80. The molecule has 1 aliphatic rings. The van der Waals surface area contributed by atoms with Gasteiger partial charge in [0.25, 0.3) is 0 Å². The predicted molar refractivity (Wildman–Crippen MR) is 102 cm³/mol. The molecule has 1 heterocycles. The summed E-state index contributed by atoms with van der Waals surface area (Å²) < 4.78 is 5.33. The van der Waals surface area contributed by atoms with Crippen molar-refractivity contribution in [1.82, 2.24) is 10.6 Å². The summed E-state index contributed by atoms with van der Waals surface area (Å²) in [7, 11) is 0. The van der Waals surface area contributed by atoms with Gasteiger partial charge in [0.2, 0.25) is 5.91 Å². The first kappa shape index (κ1) is 21.3. The number of benzene rings is 1. The quantitative estimate of drug-likeness (QED) is 0.470. The van der Waals surface area contributed by atoms with Crippen LogP contribution in [-0.2, 0) is 15.3 Å². The van der Waals surface area contributed by atoms with Crippen molar-refractivity contribution in [3.05, 3.63) is 22.8 Å². The molecule has 0 unspecified atom stereocenters. The van der Waals surface area contributed by atoms with Crippen molar-refractivity contribution in [3.8, 4) is 11.5 Å². The van der Waals surface area contributed by atoms with Crippen LogP contribution in [-0.4, -0.2) is 64.3 Å². The summed E-state index contributed by atoms with van der Waals surface area (Å²) >= 11 is 1.35. The molecule has 9 heteroatoms. The molecule has 1 amide bonds. The van der Waals surface area contributed by atoms with Gasteiger partial charge in [-0.2, -0.15) is 11.8 Å². The van der Waals surface area contributed by atoms with E-state index < -0.39 is 18.1 Å². The topological polar surface area (TPSA) is 128 Å². The zero-order valence-corrected chi connectivity index (χ0v) is 16.4. The van der Waals surface area contributed by atoms with E-state index in [1.54, 1.807) is 6.92 Å². The standard InChI is InChI=1S/C18H26N2O6S/c1-9(2)19-13-6-26-18(25)16-10(3)14(22)4-15(23)12(16)8-27-7-11(5-21)20-17(13)24/h4,9,11,13,19,21-23H,5-8H2,1-3H3,(H,20,24)/t11-,13+/m1/s1. The van der Waals surface area contributed by atoms with E-state index in [-0.39, 0.29) is 48.0 Å². The van der Waals surface area contributed by atoms with Gasteiger partial charge >= 0.3 is 5.97 Å². The average molecular weight is 398 g/mol. The predicted octanol–water partition coefficient (Wildman–Crippen LogP) is 0.654. The molecular weight excluding hydrogens is 372 g/mol. The number of amides is 1. The Balaban J connectivity index is 2.40. The van der Waals surface area contributed by atoms with Crippen molar-refractivity contribution < 1.29 is 29.6 Å². The SMILES string of the molecule is Cc1c(O)cc(O)c2c1C(=O)OC[C@H](NC(C)C)C(=O)N[C@H](CO)CSC2. The number of carbonyl (C=O) groups excluding carboxylic acids is 2. The third-order valence-corrected chi connectivity index (χ3v) is 5.34. The van der Waals surface area contributed by atoms with Crippen LogP contribution in [0.3, 0.4) is 0 Å². The molecule has 1 aromatic carbocycles. The van der Waals surface area contributed by atoms with E-state index >= 15 is 0 Å². The van der Waals surface area contributed by atoms with Crippen molar-refractivity contribution in [2.45, 2.75) is 44.6 Å². The Bertz CT molecular complexity index is 710. The zero-order valence-electron chi connectivity index (χ0n) is 15.6. The number of ether oxygens (including phenoxy) is 1. The number of aromatic hydroxyl groups is 2. The molecule has 1 aliphatic heterocycles. The Kier molecular flexibility index (Phi) is 7.34. The van der Waals surface area contributed by atoms with Gasteiger partial charge in [-0.1, -0.05) is 13.8 Å². The fourth-order valence-corrected chi connectivity index (χ4v) is 3.90. The number of hydrogen-bond donors (Lipinski definition) is 5. The van der Waals surface area contributed by atoms with Crippen LogP contribution in [0.15, 0.2) is 6.07 Å². The molecule has 0 aliphatic carbocycles. The van der Waals surface area contributed by atoms with Gasteiger partial charge in [-0.05, 0) is 6.92 Å². The summed E-state index contributed by atoms with van der Waals surface area (Å²) in [5.41, 5.74) is 0.768. The highest BCUT2D eigenvalue weighted by Crippen LogP contribution is 2.35. The first-order chi connectivity index (χ1) is 12.7. The summed E-state index contributed by atoms with van der Waals surface area (Å²) in [5.74, 6) is -0.828. The average Bonchev–Trinajstić information content (AvgIpc) is 2.60. The first-order valence-corrected chi connectivity index (χ1v) is 9.86. The van der Waals surface area contributed by atoms with Crippen LogP contribution in [0.5, 0.6) is 11.5 Å². The third-order valence-electron chi connectivity index (χ3n) is 4.21. The molecule has 0 fully saturated rings. The van der Waals surface area contributed by atoms with Gasteiger partial charge in [-0.3, -0.25) is 4.79 Å². The van der Waals surface area contributed by atoms with Gasteiger partial charge in [0.1, 0.15) is 24.1 Å². The van der Waals surface area contributed by atoms with Gasteiger partial charge in [-0.25, -0.2) is 4.79 Å². The van der Waals surface area contributed by atoms with E-state index in [9.17, 15) is 24.9 Å². The molecule has 0 aromatic heterocycles. The van der Waals surface area contributed by atoms with E-state index in [1.165, 1.54) is 17.8 Å². The van der Waals surface area contributed by atoms with E-state index in [2.05, 4.69) is 10.6 Å². The number of phenolic OH excluding ortho intramolecular Hbond substituents is 2. The molecule has 0 radical (unpaired) electrons. The lowest BCUT2D eigenvalue weighted by Crippen LogP contribution is -2.53. The number of thioether (sulfide) groups is 1. The fraction of sp³-hybridized carbons (Fsp3) is 0.556. The lowest BCUT2D eigenvalue weighted by molar-refractivity contribution is -0.125. The minimum Gasteiger partial charge on any atom is -0.508 e. The van der Waals surface area contributed by atoms with E-state index in [4.69, 9.17) is 4.74 Å². The van der Waals surface area contributed by atoms with E-state index in [0.717, 1.165) is 0 Å². The Labute approximate surface area is 162 Å². The van der Waals surface area contributed by atoms with Crippen LogP contribution in [0, 0.1) is 6.92 Å². The maximum absolute atomic E-state index is 12.7. The molecular formula is C18H26N2O6S. The Morgan fingerprint density at radius 1 is 1.33 bits per heavy atom. The van der Waals surface area contributed by atoms with Gasteiger partial charge in [0.15, 0.2) is 0 Å². The molecule has 0 spiro atoms. The highest BCUT2D eigenvalue weighted by Gasteiger charge is 2.28. The van der Waals surface area contributed by atoms with Gasteiger partial charge in [0, 0.05) is 34.7 Å². The molecule has 5 N–H and O–H groups in total. The highest BCUT2D eigenvalue weighted by atomic mass is 32.2. The number of aliphatic hydroxyl groups excluding tert-OH is 1. The zero-order chi connectivity index (χ0) is 20.1. The molecule has 0 bridgehead atoms. The number of hydrogen-bond acceptors (Lipinski definition) is 8. The largest absolute Gasteiger partial charge is 0.508 e. The molecule has 2 rings (SSSR count). The summed E-state index contributed by atoms with van der Waals surface area (Å²) in [5, 5.41) is 35.5. The summed E-state index contributed by atoms with van der Waals surface area (Å²) in [6.07, 6.45) is 0. The second kappa shape index (κ2) is 9.29. The van der Waals surface area contributed by atoms with Crippen molar-refractivity contribution in [2.24, 2.45) is 0 Å². The van der Waals surface area contributed by atoms with Crippen LogP contribution in [0.4, 0.5) is 0 Å². The lowest BCUT2D eigenvalue weighted by Gasteiger charge is -2.25. The Morgan fingerprint density at radius 2 is 2.04 bits per heavy atom. The second-order valence-electron chi connectivity index (χ2n) is 6.77. The fourth-order valence-electron chi connectivity index (χ4n) is 2.81. The molecule has 1 aromatic rings. The minimum atomic E-state index is -0.790. The molecule has 0 saturated carbocycles. The summed E-state index contributed by atoms with van der Waals surface area (Å²) in [6.45, 7) is 4.84. The van der Waals surface area contributed by atoms with Crippen molar-refractivity contribution in [3.63, 3.8) is 0 Å². The third kappa shape index (κ3) is 5.27. The number of esters is 1. The minimum absolute atomic E-state index is 0.0311. The van der Waals surface area contributed by atoms with Crippen LogP contribution in [0.2, 0.25) is 0 Å². The Hall–Kier alpha value is -1.97. The van der Waals surface area contributed by atoms with Crippen LogP contribution >= 0.6 is 11.8 Å². The molecule has 2 atom stereocenters. The highest BCUT2D eigenvalue weighted by molar-refractivity contribution is 7.98. The molecule has 27 heavy (non-hydrogen) atoms. The number of cyclic esters (lactones) is 1. The Morgan fingerprint density at radius 3 is 2.67 bits per heavy atom. The normalized spacial score (nSPS) is 21.7. The maximum atomic E-state index is 12.7. The molecule has 0 saturated heterocycles. The number of nitrogens with one attached hydrogen (secondary N) is 2. The number of rotatable bonds is 3. The molecule has 150 valence electrons. The summed E-state index contributed by atoms with van der Waals surface area (Å²) in [6, 6.07) is -0.0983. The maximum Gasteiger partial charge on any atom is 0.339 e. The number of carbonyl (C=O) groups is 2. The van der Waals surface area contributed by atoms with Crippen LogP contribution in [0.25, 0.3) is 0 Å². The number of phenols is 2. The van der Waals surface area contributed by atoms with Crippen LogP contribution < -0.4 is 10.6 Å². The monoisotopic (exact) mass is 398 g/mol. The van der Waals surface area contributed by atoms with Crippen molar-refractivity contribution >= 4 is 23.6 Å². The van der Waals surface area contributed by atoms with Crippen LogP contribution in [0.1, 0.15) is 35.3 Å². The molecule has 8 nitrogen and oxygen atoms in total. The number of fused-ring (bicyclic) bond motifs is 1. The number of aliphatic hydroxyl groups is 1. The summed E-state index contributed by atoms with van der Waals surface area (Å²) in [4.78, 5) is 25.1. The van der Waals surface area contributed by atoms with E-state index in [0.29, 0.717) is 16.9 Å². The van der Waals surface area contributed by atoms with Gasteiger partial charge in [0.05, 0.1) is 18.2 Å². The first-order valence-electron chi connectivity index (χ1n) is 8.71. The smallest absolute Gasteiger partial charge is 0.339 e. The lowest BCUT2D eigenvalue weighted by atomic mass is 10.0. The van der Waals surface area contributed by atoms with Gasteiger partial charge in [-0.15, -0.1) is 0 Å². The van der Waals surface area contributed by atoms with E-state index in [1.807, 2.05) is 13.8 Å². The van der Waals surface area contributed by atoms with Crippen molar-refractivity contribution in [2.75, 3.05) is 19.0 Å². The van der Waals surface area contributed by atoms with Crippen molar-refractivity contribution in [1.29, 1.82) is 0 Å². The van der Waals surface area contributed by atoms with Gasteiger partial charge < -0.3 is 30.7 Å².